The van der Waals surface area contributed by atoms with Crippen LogP contribution in [0.4, 0.5) is 0 Å². The van der Waals surface area contributed by atoms with Gasteiger partial charge < -0.3 is 4.65 Å². The molecule has 0 radical (unpaired) electrons. The van der Waals surface area contributed by atoms with Gasteiger partial charge in [0, 0.05) is 6.61 Å². The molecule has 9 heavy (non-hydrogen) atoms. The van der Waals surface area contributed by atoms with E-state index >= 15 is 0 Å². The third-order valence-electron chi connectivity index (χ3n) is 1.20. The minimum atomic E-state index is 0.118. The Hall–Kier alpha value is -0.495. The zero-order chi connectivity index (χ0) is 7.28. The fourth-order valence-electron chi connectivity index (χ4n) is 0.523. The molecule has 0 aromatic heterocycles. The van der Waals surface area contributed by atoms with Crippen molar-refractivity contribution in [2.75, 3.05) is 6.61 Å². The van der Waals surface area contributed by atoms with Gasteiger partial charge in [-0.3, -0.25) is 0 Å². The summed E-state index contributed by atoms with van der Waals surface area (Å²) in [5.74, 6) is 0. The summed E-state index contributed by atoms with van der Waals surface area (Å²) in [6, 6.07) is 0. The zero-order valence-electron chi connectivity index (χ0n) is 6.18. The van der Waals surface area contributed by atoms with E-state index < -0.39 is 0 Å². The van der Waals surface area contributed by atoms with Crippen LogP contribution >= 0.6 is 0 Å². The summed E-state index contributed by atoms with van der Waals surface area (Å²) in [5.41, 5.74) is 0.942. The third-order valence-corrected chi connectivity index (χ3v) is 1.20. The number of hydrogen-bond acceptors (Lipinski definition) is 1. The van der Waals surface area contributed by atoms with Gasteiger partial charge in [-0.2, -0.15) is 0 Å². The standard InChI is InChI=1S/C7H13BO/c1-5-7(3)8(4)9-6-2/h5H,1,3,6H2,2,4H3. The molecule has 0 N–H and O–H groups in total. The SMILES string of the molecule is C=CC(=C)B(C)OCC. The molecule has 50 valence electrons. The predicted octanol–water partition coefficient (Wildman–Crippen LogP) is 1.93. The fraction of sp³-hybridized carbons (Fsp3) is 0.429. The number of allylic oxidation sites excluding steroid dienone is 2. The van der Waals surface area contributed by atoms with Gasteiger partial charge in [0.15, 0.2) is 0 Å². The Morgan fingerprint density at radius 2 is 2.33 bits per heavy atom. The van der Waals surface area contributed by atoms with E-state index in [0.29, 0.717) is 0 Å². The second-order valence-electron chi connectivity index (χ2n) is 1.88. The van der Waals surface area contributed by atoms with Crippen molar-refractivity contribution in [2.45, 2.75) is 13.7 Å². The maximum Gasteiger partial charge on any atom is 0.322 e. The summed E-state index contributed by atoms with van der Waals surface area (Å²) in [6.07, 6.45) is 1.72. The lowest BCUT2D eigenvalue weighted by molar-refractivity contribution is 0.352. The van der Waals surface area contributed by atoms with E-state index in [0.717, 1.165) is 12.1 Å². The lowest BCUT2D eigenvalue weighted by Crippen LogP contribution is -2.14. The lowest BCUT2D eigenvalue weighted by atomic mass is 9.63. The van der Waals surface area contributed by atoms with Crippen molar-refractivity contribution in [1.29, 1.82) is 0 Å². The van der Waals surface area contributed by atoms with E-state index in [1.165, 1.54) is 0 Å². The molecule has 0 bridgehead atoms. The van der Waals surface area contributed by atoms with Crippen molar-refractivity contribution >= 4 is 6.92 Å². The van der Waals surface area contributed by atoms with E-state index in [2.05, 4.69) is 13.2 Å². The maximum atomic E-state index is 5.22. The molecule has 0 atom stereocenters. The molecule has 0 aromatic rings. The summed E-state index contributed by atoms with van der Waals surface area (Å²) >= 11 is 0. The van der Waals surface area contributed by atoms with Crippen LogP contribution in [0.1, 0.15) is 6.92 Å². The highest BCUT2D eigenvalue weighted by molar-refractivity contribution is 6.59. The molecular weight excluding hydrogens is 111 g/mol. The summed E-state index contributed by atoms with van der Waals surface area (Å²) in [4.78, 5) is 0. The second-order valence-corrected chi connectivity index (χ2v) is 1.88. The van der Waals surface area contributed by atoms with E-state index in [4.69, 9.17) is 4.65 Å². The monoisotopic (exact) mass is 124 g/mol. The second kappa shape index (κ2) is 4.39. The van der Waals surface area contributed by atoms with Gasteiger partial charge in [0.05, 0.1) is 0 Å². The highest BCUT2D eigenvalue weighted by Gasteiger charge is 2.07. The van der Waals surface area contributed by atoms with Gasteiger partial charge in [0.2, 0.25) is 0 Å². The molecule has 0 aromatic carbocycles. The average Bonchev–Trinajstić information content (AvgIpc) is 1.87. The molecule has 0 amide bonds. The normalized spacial score (nSPS) is 8.67. The molecule has 0 rings (SSSR count). The quantitative estimate of drug-likeness (QED) is 0.411. The minimum absolute atomic E-state index is 0.118. The minimum Gasteiger partial charge on any atom is -0.431 e. The van der Waals surface area contributed by atoms with Crippen LogP contribution in [-0.2, 0) is 4.65 Å². The smallest absolute Gasteiger partial charge is 0.322 e. The molecule has 0 unspecified atom stereocenters. The lowest BCUT2D eigenvalue weighted by Gasteiger charge is -2.05. The molecule has 0 heterocycles. The van der Waals surface area contributed by atoms with Crippen LogP contribution in [0.3, 0.4) is 0 Å². The first-order valence-corrected chi connectivity index (χ1v) is 3.15. The van der Waals surface area contributed by atoms with Crippen LogP contribution in [0, 0.1) is 0 Å². The molecule has 0 spiro atoms. The van der Waals surface area contributed by atoms with Gasteiger partial charge in [-0.1, -0.05) is 25.0 Å². The Bertz CT molecular complexity index is 109. The van der Waals surface area contributed by atoms with Crippen LogP contribution in [0.5, 0.6) is 0 Å². The molecule has 0 saturated carbocycles. The van der Waals surface area contributed by atoms with Crippen LogP contribution < -0.4 is 0 Å². The number of hydrogen-bond donors (Lipinski definition) is 0. The summed E-state index contributed by atoms with van der Waals surface area (Å²) in [5, 5.41) is 0. The van der Waals surface area contributed by atoms with Gasteiger partial charge in [-0.25, -0.2) is 0 Å². The van der Waals surface area contributed by atoms with Gasteiger partial charge >= 0.3 is 6.92 Å². The molecule has 0 aliphatic rings. The van der Waals surface area contributed by atoms with Crippen molar-refractivity contribution in [3.05, 3.63) is 24.7 Å². The van der Waals surface area contributed by atoms with Crippen molar-refractivity contribution in [2.24, 2.45) is 0 Å². The average molecular weight is 124 g/mol. The Balaban J connectivity index is 3.58. The van der Waals surface area contributed by atoms with Crippen LogP contribution in [0.2, 0.25) is 6.82 Å². The zero-order valence-corrected chi connectivity index (χ0v) is 6.18. The first-order chi connectivity index (χ1) is 4.22. The van der Waals surface area contributed by atoms with Gasteiger partial charge in [-0.05, 0) is 6.92 Å². The predicted molar refractivity (Wildman–Crippen MR) is 42.6 cm³/mol. The summed E-state index contributed by atoms with van der Waals surface area (Å²) in [7, 11) is 0. The molecule has 1 nitrogen and oxygen atoms in total. The largest absolute Gasteiger partial charge is 0.431 e. The molecular formula is C7H13BO. The van der Waals surface area contributed by atoms with Crippen LogP contribution in [-0.4, -0.2) is 13.5 Å². The van der Waals surface area contributed by atoms with E-state index in [1.54, 1.807) is 6.08 Å². The van der Waals surface area contributed by atoms with Gasteiger partial charge in [0.25, 0.3) is 0 Å². The Morgan fingerprint density at radius 1 is 1.78 bits per heavy atom. The topological polar surface area (TPSA) is 9.23 Å². The third kappa shape index (κ3) is 3.14. The first kappa shape index (κ1) is 8.50. The molecule has 0 aliphatic carbocycles. The Morgan fingerprint density at radius 3 is 2.67 bits per heavy atom. The van der Waals surface area contributed by atoms with E-state index in [1.807, 2.05) is 13.7 Å². The van der Waals surface area contributed by atoms with Crippen LogP contribution in [0.15, 0.2) is 24.7 Å². The summed E-state index contributed by atoms with van der Waals surface area (Å²) < 4.78 is 5.22. The first-order valence-electron chi connectivity index (χ1n) is 3.15. The Labute approximate surface area is 57.5 Å². The van der Waals surface area contributed by atoms with E-state index in [-0.39, 0.29) is 6.92 Å². The fourth-order valence-corrected chi connectivity index (χ4v) is 0.523. The van der Waals surface area contributed by atoms with Crippen LogP contribution in [0.25, 0.3) is 0 Å². The summed E-state index contributed by atoms with van der Waals surface area (Å²) in [6.45, 7) is 12.1. The van der Waals surface area contributed by atoms with Crippen molar-refractivity contribution in [1.82, 2.24) is 0 Å². The molecule has 0 fully saturated rings. The van der Waals surface area contributed by atoms with Gasteiger partial charge in [0.1, 0.15) is 0 Å². The van der Waals surface area contributed by atoms with E-state index in [9.17, 15) is 0 Å². The molecule has 0 aliphatic heterocycles. The Kier molecular flexibility index (Phi) is 4.15. The molecule has 2 heteroatoms. The number of rotatable bonds is 4. The van der Waals surface area contributed by atoms with Crippen molar-refractivity contribution in [3.8, 4) is 0 Å². The van der Waals surface area contributed by atoms with Gasteiger partial charge in [-0.15, -0.1) is 6.58 Å². The highest BCUT2D eigenvalue weighted by atomic mass is 16.4. The highest BCUT2D eigenvalue weighted by Crippen LogP contribution is 1.99. The van der Waals surface area contributed by atoms with Crippen molar-refractivity contribution in [3.63, 3.8) is 0 Å². The maximum absolute atomic E-state index is 5.22. The van der Waals surface area contributed by atoms with Crippen molar-refractivity contribution < 1.29 is 4.65 Å². The molecule has 0 saturated heterocycles.